The van der Waals surface area contributed by atoms with Crippen molar-refractivity contribution in [3.8, 4) is 5.75 Å². The highest BCUT2D eigenvalue weighted by atomic mass is 16.5. The predicted octanol–water partition coefficient (Wildman–Crippen LogP) is 4.37. The van der Waals surface area contributed by atoms with E-state index in [2.05, 4.69) is 53.5 Å². The zero-order valence-electron chi connectivity index (χ0n) is 17.9. The van der Waals surface area contributed by atoms with Gasteiger partial charge in [-0.1, -0.05) is 18.2 Å². The lowest BCUT2D eigenvalue weighted by molar-refractivity contribution is 0.301. The van der Waals surface area contributed by atoms with E-state index in [1.807, 2.05) is 30.3 Å². The second-order valence-corrected chi connectivity index (χ2v) is 8.33. The number of H-pyrrole nitrogens is 1. The van der Waals surface area contributed by atoms with Crippen molar-refractivity contribution in [1.29, 1.82) is 0 Å². The Morgan fingerprint density at radius 1 is 1.21 bits per heavy atom. The number of para-hydroxylation sites is 1. The van der Waals surface area contributed by atoms with E-state index < -0.39 is 0 Å². The van der Waals surface area contributed by atoms with E-state index in [9.17, 15) is 0 Å². The van der Waals surface area contributed by atoms with Crippen molar-refractivity contribution >= 4 is 0 Å². The fraction of sp³-hybridized carbons (Fsp3) is 0.478. The summed E-state index contributed by atoms with van der Waals surface area (Å²) in [5, 5.41) is 12.4. The minimum Gasteiger partial charge on any atom is -0.487 e. The van der Waals surface area contributed by atoms with Crippen LogP contribution in [0.5, 0.6) is 5.75 Å². The fourth-order valence-electron chi connectivity index (χ4n) is 4.21. The van der Waals surface area contributed by atoms with E-state index in [-0.39, 0.29) is 0 Å². The van der Waals surface area contributed by atoms with Crippen LogP contribution in [0.25, 0.3) is 0 Å². The van der Waals surface area contributed by atoms with Crippen LogP contribution < -0.4 is 4.74 Å². The van der Waals surface area contributed by atoms with Gasteiger partial charge < -0.3 is 4.74 Å². The van der Waals surface area contributed by atoms with Gasteiger partial charge in [0.2, 0.25) is 0 Å². The van der Waals surface area contributed by atoms with Gasteiger partial charge in [-0.3, -0.25) is 14.7 Å². The normalized spacial score (nSPS) is 17.3. The van der Waals surface area contributed by atoms with Crippen LogP contribution in [-0.2, 0) is 13.2 Å². The first-order valence-corrected chi connectivity index (χ1v) is 10.5. The smallest absolute Gasteiger partial charge is 0.130 e. The summed E-state index contributed by atoms with van der Waals surface area (Å²) in [4.78, 5) is 2.53. The summed E-state index contributed by atoms with van der Waals surface area (Å²) < 4.78 is 7.97. The third-order valence-corrected chi connectivity index (χ3v) is 5.82. The number of hydrogen-bond donors (Lipinski definition) is 1. The number of hydrogen-bond acceptors (Lipinski definition) is 4. The minimum atomic E-state index is 0.398. The van der Waals surface area contributed by atoms with Crippen LogP contribution in [0.15, 0.2) is 36.4 Å². The Bertz CT molecular complexity index is 944. The van der Waals surface area contributed by atoms with Crippen molar-refractivity contribution in [2.75, 3.05) is 13.1 Å². The summed E-state index contributed by atoms with van der Waals surface area (Å²) in [5.74, 6) is 1.35. The number of aromatic nitrogens is 4. The molecule has 1 saturated heterocycles. The van der Waals surface area contributed by atoms with E-state index in [1.165, 1.54) is 11.3 Å². The SMILES string of the molecule is Cc1nn(C(C)C)c(C)c1CN1CC[C@@H](c2cc(COc3ccccc3)[nH]n2)C1. The molecule has 1 atom stereocenters. The Balaban J connectivity index is 1.35. The number of benzene rings is 1. The number of aromatic amines is 1. The summed E-state index contributed by atoms with van der Waals surface area (Å²) in [7, 11) is 0. The van der Waals surface area contributed by atoms with Crippen LogP contribution in [0, 0.1) is 13.8 Å². The molecule has 1 aromatic carbocycles. The highest BCUT2D eigenvalue weighted by Crippen LogP contribution is 2.29. The maximum Gasteiger partial charge on any atom is 0.130 e. The first-order chi connectivity index (χ1) is 14.0. The van der Waals surface area contributed by atoms with Crippen molar-refractivity contribution < 1.29 is 4.74 Å². The molecule has 4 rings (SSSR count). The summed E-state index contributed by atoms with van der Waals surface area (Å²) in [6.45, 7) is 12.3. The molecule has 0 radical (unpaired) electrons. The summed E-state index contributed by atoms with van der Waals surface area (Å²) >= 11 is 0. The van der Waals surface area contributed by atoms with Crippen LogP contribution in [-0.4, -0.2) is 38.0 Å². The van der Waals surface area contributed by atoms with Gasteiger partial charge in [0, 0.05) is 36.3 Å². The van der Waals surface area contributed by atoms with Crippen LogP contribution in [0.1, 0.15) is 60.6 Å². The van der Waals surface area contributed by atoms with Gasteiger partial charge in [-0.25, -0.2) is 0 Å². The molecule has 154 valence electrons. The van der Waals surface area contributed by atoms with Crippen molar-refractivity contribution in [3.05, 3.63) is 64.7 Å². The van der Waals surface area contributed by atoms with E-state index in [4.69, 9.17) is 9.84 Å². The molecule has 0 unspecified atom stereocenters. The number of rotatable bonds is 7. The number of ether oxygens (including phenoxy) is 1. The molecule has 3 heterocycles. The van der Waals surface area contributed by atoms with Crippen LogP contribution in [0.4, 0.5) is 0 Å². The lowest BCUT2D eigenvalue weighted by atomic mass is 10.1. The molecule has 1 aliphatic heterocycles. The number of nitrogens with one attached hydrogen (secondary N) is 1. The molecule has 3 aromatic rings. The molecule has 2 aromatic heterocycles. The summed E-state index contributed by atoms with van der Waals surface area (Å²) in [6.07, 6.45) is 1.14. The third-order valence-electron chi connectivity index (χ3n) is 5.82. The average molecular weight is 394 g/mol. The summed E-state index contributed by atoms with van der Waals surface area (Å²) in [6, 6.07) is 12.4. The third kappa shape index (κ3) is 4.37. The van der Waals surface area contributed by atoms with Gasteiger partial charge in [0.1, 0.15) is 12.4 Å². The molecule has 1 N–H and O–H groups in total. The Hall–Kier alpha value is -2.60. The number of likely N-dealkylation sites (tertiary alicyclic amines) is 1. The van der Waals surface area contributed by atoms with Crippen LogP contribution in [0.3, 0.4) is 0 Å². The molecule has 1 fully saturated rings. The van der Waals surface area contributed by atoms with Gasteiger partial charge in [0.05, 0.1) is 17.1 Å². The van der Waals surface area contributed by atoms with Crippen molar-refractivity contribution in [2.45, 2.75) is 59.2 Å². The fourth-order valence-corrected chi connectivity index (χ4v) is 4.21. The largest absolute Gasteiger partial charge is 0.487 e. The first-order valence-electron chi connectivity index (χ1n) is 10.5. The maximum absolute atomic E-state index is 5.83. The van der Waals surface area contributed by atoms with Gasteiger partial charge in [-0.15, -0.1) is 0 Å². The molecular formula is C23H31N5O. The Morgan fingerprint density at radius 3 is 2.72 bits per heavy atom. The highest BCUT2D eigenvalue weighted by molar-refractivity contribution is 5.26. The first kappa shape index (κ1) is 19.7. The molecule has 6 nitrogen and oxygen atoms in total. The topological polar surface area (TPSA) is 59.0 Å². The van der Waals surface area contributed by atoms with E-state index in [0.29, 0.717) is 18.6 Å². The molecule has 29 heavy (non-hydrogen) atoms. The van der Waals surface area contributed by atoms with Crippen molar-refractivity contribution in [2.24, 2.45) is 0 Å². The molecule has 0 aliphatic carbocycles. The monoisotopic (exact) mass is 393 g/mol. The van der Waals surface area contributed by atoms with Crippen molar-refractivity contribution in [1.82, 2.24) is 24.9 Å². The van der Waals surface area contributed by atoms with Gasteiger partial charge in [-0.2, -0.15) is 10.2 Å². The van der Waals surface area contributed by atoms with Gasteiger partial charge >= 0.3 is 0 Å². The van der Waals surface area contributed by atoms with Crippen LogP contribution >= 0.6 is 0 Å². The van der Waals surface area contributed by atoms with Gasteiger partial charge in [0.25, 0.3) is 0 Å². The molecule has 6 heteroatoms. The van der Waals surface area contributed by atoms with E-state index in [1.54, 1.807) is 0 Å². The van der Waals surface area contributed by atoms with E-state index >= 15 is 0 Å². The standard InChI is InChI=1S/C23H31N5O/c1-16(2)28-18(4)22(17(3)26-28)14-27-11-10-19(13-27)23-12-20(24-25-23)15-29-21-8-6-5-7-9-21/h5-9,12,16,19H,10-11,13-15H2,1-4H3,(H,24,25)/t19-/m1/s1. The molecule has 0 amide bonds. The van der Waals surface area contributed by atoms with Crippen molar-refractivity contribution in [3.63, 3.8) is 0 Å². The lowest BCUT2D eigenvalue weighted by Gasteiger charge is -2.16. The summed E-state index contributed by atoms with van der Waals surface area (Å²) in [5.41, 5.74) is 5.98. The molecule has 0 saturated carbocycles. The number of aryl methyl sites for hydroxylation is 1. The quantitative estimate of drug-likeness (QED) is 0.647. The Morgan fingerprint density at radius 2 is 2.00 bits per heavy atom. The molecule has 0 bridgehead atoms. The minimum absolute atomic E-state index is 0.398. The lowest BCUT2D eigenvalue weighted by Crippen LogP contribution is -2.20. The van der Waals surface area contributed by atoms with Gasteiger partial charge in [-0.05, 0) is 58.9 Å². The highest BCUT2D eigenvalue weighted by Gasteiger charge is 2.27. The predicted molar refractivity (Wildman–Crippen MR) is 114 cm³/mol. The molecule has 1 aliphatic rings. The number of nitrogens with zero attached hydrogens (tertiary/aromatic N) is 4. The second kappa shape index (κ2) is 8.41. The second-order valence-electron chi connectivity index (χ2n) is 8.33. The van der Waals surface area contributed by atoms with Gasteiger partial charge in [0.15, 0.2) is 0 Å². The average Bonchev–Trinajstić information content (AvgIpc) is 3.43. The zero-order chi connectivity index (χ0) is 20.4. The molecule has 0 spiro atoms. The molecular weight excluding hydrogens is 362 g/mol. The van der Waals surface area contributed by atoms with E-state index in [0.717, 1.165) is 48.9 Å². The maximum atomic E-state index is 5.83. The Labute approximate surface area is 172 Å². The Kier molecular flexibility index (Phi) is 5.72. The zero-order valence-corrected chi connectivity index (χ0v) is 17.9. The van der Waals surface area contributed by atoms with Crippen LogP contribution in [0.2, 0.25) is 0 Å².